The first kappa shape index (κ1) is 19.0. The van der Waals surface area contributed by atoms with Crippen LogP contribution in [0.25, 0.3) is 0 Å². The smallest absolute Gasteiger partial charge is 1.00 e. The van der Waals surface area contributed by atoms with Crippen molar-refractivity contribution in [2.24, 2.45) is 0 Å². The molecule has 2 atom stereocenters. The van der Waals surface area contributed by atoms with Gasteiger partial charge in [-0.3, -0.25) is 0 Å². The Morgan fingerprint density at radius 3 is 2.08 bits per heavy atom. The van der Waals surface area contributed by atoms with E-state index in [0.29, 0.717) is 6.10 Å². The Morgan fingerprint density at radius 1 is 1.31 bits per heavy atom. The molecule has 1 heterocycles. The van der Waals surface area contributed by atoms with Gasteiger partial charge in [0.25, 0.3) is 0 Å². The van der Waals surface area contributed by atoms with E-state index in [0.717, 1.165) is 12.5 Å². The summed E-state index contributed by atoms with van der Waals surface area (Å²) in [5.41, 5.74) is 0. The van der Waals surface area contributed by atoms with Gasteiger partial charge in [0.1, 0.15) is 0 Å². The van der Waals surface area contributed by atoms with Crippen LogP contribution in [0.1, 0.15) is 16.2 Å². The number of hydrogen-bond donors (Lipinski definition) is 1. The fourth-order valence-electron chi connectivity index (χ4n) is 1.47. The van der Waals surface area contributed by atoms with E-state index in [9.17, 15) is 4.80 Å². The summed E-state index contributed by atoms with van der Waals surface area (Å²) in [5, 5.41) is 0. The maximum absolute atomic E-state index is 10.1. The standard InChI is InChI=1S/C7H18O2Si2.2K.2H/c1-7-5-6-11(4,8)10(2,3)9-7;;;;/h7-8H,5-6H2,1-4H3;;;;/q;2*+1;2*-1. The molecule has 13 heavy (non-hydrogen) atoms. The van der Waals surface area contributed by atoms with Crippen LogP contribution in [0, 0.1) is 0 Å². The zero-order valence-electron chi connectivity index (χ0n) is 11.8. The van der Waals surface area contributed by atoms with Crippen LogP contribution in [0.15, 0.2) is 0 Å². The van der Waals surface area contributed by atoms with Crippen molar-refractivity contribution in [1.82, 2.24) is 0 Å². The average molecular weight is 271 g/mol. The molecule has 6 heteroatoms. The van der Waals surface area contributed by atoms with Gasteiger partial charge in [-0.1, -0.05) is 0 Å². The Labute approximate surface area is 171 Å². The summed E-state index contributed by atoms with van der Waals surface area (Å²) in [4.78, 5) is 10.1. The van der Waals surface area contributed by atoms with Gasteiger partial charge in [0, 0.05) is 6.10 Å². The molecule has 0 aromatic carbocycles. The summed E-state index contributed by atoms with van der Waals surface area (Å²) < 4.78 is 5.84. The van der Waals surface area contributed by atoms with Gasteiger partial charge in [0.15, 0.2) is 0 Å². The van der Waals surface area contributed by atoms with Crippen LogP contribution in [-0.4, -0.2) is 26.6 Å². The van der Waals surface area contributed by atoms with Crippen LogP contribution in [0.3, 0.4) is 0 Å². The number of rotatable bonds is 0. The Balaban J connectivity index is -0.000000151. The minimum absolute atomic E-state index is 0. The maximum Gasteiger partial charge on any atom is 1.00 e. The van der Waals surface area contributed by atoms with Crippen LogP contribution in [0.5, 0.6) is 0 Å². The van der Waals surface area contributed by atoms with Crippen molar-refractivity contribution in [2.45, 2.75) is 45.1 Å². The Bertz CT molecular complexity index is 173. The van der Waals surface area contributed by atoms with Crippen LogP contribution >= 0.6 is 0 Å². The molecular weight excluding hydrogens is 250 g/mol. The van der Waals surface area contributed by atoms with Crippen molar-refractivity contribution >= 4 is 15.7 Å². The predicted molar refractivity (Wildman–Crippen MR) is 53.5 cm³/mol. The Hall–Kier alpha value is 3.63. The second kappa shape index (κ2) is 7.15. The van der Waals surface area contributed by atoms with E-state index >= 15 is 0 Å². The van der Waals surface area contributed by atoms with Crippen LogP contribution in [0.2, 0.25) is 25.7 Å². The molecule has 1 N–H and O–H groups in total. The molecule has 0 aromatic heterocycles. The monoisotopic (exact) mass is 270 g/mol. The molecule has 70 valence electrons. The molecular formula is C7H20K2O2Si2. The first-order valence-electron chi connectivity index (χ1n) is 4.25. The third-order valence-corrected chi connectivity index (χ3v) is 16.6. The average Bonchev–Trinajstić information content (AvgIpc) is 1.80. The first-order chi connectivity index (χ1) is 4.85. The second-order valence-electron chi connectivity index (χ2n) is 4.25. The fourth-order valence-corrected chi connectivity index (χ4v) is 8.03. The van der Waals surface area contributed by atoms with E-state index in [1.165, 1.54) is 0 Å². The minimum Gasteiger partial charge on any atom is -1.00 e. The molecule has 0 spiro atoms. The second-order valence-corrected chi connectivity index (χ2v) is 17.4. The van der Waals surface area contributed by atoms with E-state index in [4.69, 9.17) is 4.43 Å². The molecule has 1 aliphatic heterocycles. The molecule has 1 saturated heterocycles. The topological polar surface area (TPSA) is 29.5 Å². The SMILES string of the molecule is CC1CC[Si](C)(O)[Si](C)(C)O1.[H-].[H-].[K+].[K+]. The molecule has 0 amide bonds. The van der Waals surface area contributed by atoms with Gasteiger partial charge in [-0.15, -0.1) is 0 Å². The van der Waals surface area contributed by atoms with Gasteiger partial charge in [0.2, 0.25) is 15.7 Å². The third-order valence-electron chi connectivity index (χ3n) is 2.83. The molecule has 0 saturated carbocycles. The molecule has 1 aliphatic rings. The van der Waals surface area contributed by atoms with Crippen molar-refractivity contribution < 1.29 is 115 Å². The van der Waals surface area contributed by atoms with E-state index < -0.39 is 15.7 Å². The summed E-state index contributed by atoms with van der Waals surface area (Å²) in [6, 6.07) is 1.04. The Morgan fingerprint density at radius 2 is 1.77 bits per heavy atom. The molecule has 1 rings (SSSR count). The maximum atomic E-state index is 10.1. The van der Waals surface area contributed by atoms with Crippen LogP contribution in [0.4, 0.5) is 0 Å². The first-order valence-corrected chi connectivity index (χ1v) is 10.8. The van der Waals surface area contributed by atoms with E-state index in [1.807, 2.05) is 6.55 Å². The van der Waals surface area contributed by atoms with Gasteiger partial charge in [-0.25, -0.2) is 0 Å². The molecule has 0 radical (unpaired) electrons. The van der Waals surface area contributed by atoms with Crippen molar-refractivity contribution in [3.63, 3.8) is 0 Å². The van der Waals surface area contributed by atoms with Crippen LogP contribution < -0.4 is 103 Å². The van der Waals surface area contributed by atoms with E-state index in [-0.39, 0.29) is 106 Å². The van der Waals surface area contributed by atoms with Gasteiger partial charge >= 0.3 is 103 Å². The van der Waals surface area contributed by atoms with Crippen molar-refractivity contribution in [2.75, 3.05) is 0 Å². The minimum atomic E-state index is -1.94. The quantitative estimate of drug-likeness (QED) is 0.453. The van der Waals surface area contributed by atoms with Gasteiger partial charge in [0.05, 0.1) is 0 Å². The van der Waals surface area contributed by atoms with E-state index in [1.54, 1.807) is 0 Å². The van der Waals surface area contributed by atoms with Crippen LogP contribution in [-0.2, 0) is 4.43 Å². The zero-order valence-corrected chi connectivity index (χ0v) is 18.1. The molecule has 0 aromatic rings. The summed E-state index contributed by atoms with van der Waals surface area (Å²) in [5.74, 6) is 0. The number of hydrogen-bond acceptors (Lipinski definition) is 2. The van der Waals surface area contributed by atoms with Gasteiger partial charge in [-0.05, 0) is 39.0 Å². The van der Waals surface area contributed by atoms with Crippen molar-refractivity contribution in [3.05, 3.63) is 0 Å². The normalized spacial score (nSPS) is 37.2. The van der Waals surface area contributed by atoms with Crippen molar-refractivity contribution in [3.8, 4) is 0 Å². The molecule has 2 unspecified atom stereocenters. The largest absolute Gasteiger partial charge is 1.00 e. The summed E-state index contributed by atoms with van der Waals surface area (Å²) >= 11 is 0. The van der Waals surface area contributed by atoms with Gasteiger partial charge < -0.3 is 12.1 Å². The molecule has 0 bridgehead atoms. The summed E-state index contributed by atoms with van der Waals surface area (Å²) in [6.45, 7) is 8.45. The molecule has 0 aliphatic carbocycles. The fraction of sp³-hybridized carbons (Fsp3) is 1.00. The summed E-state index contributed by atoms with van der Waals surface area (Å²) in [6.07, 6.45) is 1.43. The zero-order chi connectivity index (χ0) is 8.70. The molecule has 1 fully saturated rings. The predicted octanol–water partition coefficient (Wildman–Crippen LogP) is -4.12. The Kier molecular flexibility index (Phi) is 10.4. The van der Waals surface area contributed by atoms with Gasteiger partial charge in [-0.2, -0.15) is 0 Å². The van der Waals surface area contributed by atoms with Crippen molar-refractivity contribution in [1.29, 1.82) is 0 Å². The summed E-state index contributed by atoms with van der Waals surface area (Å²) in [7, 11) is -3.63. The third kappa shape index (κ3) is 5.20. The molecule has 2 nitrogen and oxygen atoms in total. The van der Waals surface area contributed by atoms with E-state index in [2.05, 4.69) is 20.0 Å².